The van der Waals surface area contributed by atoms with Crippen LogP contribution in [0.15, 0.2) is 24.3 Å². The lowest BCUT2D eigenvalue weighted by molar-refractivity contribution is 0.202. The molecule has 0 spiro atoms. The predicted octanol–water partition coefficient (Wildman–Crippen LogP) is 2.22. The normalized spacial score (nSPS) is 16.9. The second-order valence-corrected chi connectivity index (χ2v) is 5.71. The number of rotatable bonds is 7. The number of urea groups is 1. The van der Waals surface area contributed by atoms with Gasteiger partial charge in [0.25, 0.3) is 0 Å². The average molecular weight is 292 g/mol. The molecule has 116 valence electrons. The van der Waals surface area contributed by atoms with E-state index >= 15 is 0 Å². The highest BCUT2D eigenvalue weighted by atomic mass is 16.5. The van der Waals surface area contributed by atoms with E-state index in [0.717, 1.165) is 24.2 Å². The highest BCUT2D eigenvalue weighted by Crippen LogP contribution is 2.44. The first-order chi connectivity index (χ1) is 10.1. The van der Waals surface area contributed by atoms with Gasteiger partial charge in [-0.25, -0.2) is 4.79 Å². The number of amides is 2. The lowest BCUT2D eigenvalue weighted by atomic mass is 10.1. The Morgan fingerprint density at radius 1 is 1.38 bits per heavy atom. The summed E-state index contributed by atoms with van der Waals surface area (Å²) in [6.07, 6.45) is 1.97. The first-order valence-electron chi connectivity index (χ1n) is 7.46. The first-order valence-corrected chi connectivity index (χ1v) is 7.46. The van der Waals surface area contributed by atoms with Crippen LogP contribution in [0, 0.1) is 5.41 Å². The summed E-state index contributed by atoms with van der Waals surface area (Å²) in [5.41, 5.74) is 0.955. The molecule has 0 radical (unpaired) electrons. The van der Waals surface area contributed by atoms with Gasteiger partial charge in [-0.3, -0.25) is 0 Å². The summed E-state index contributed by atoms with van der Waals surface area (Å²) in [7, 11) is 0. The van der Waals surface area contributed by atoms with Gasteiger partial charge < -0.3 is 20.5 Å². The van der Waals surface area contributed by atoms with Crippen LogP contribution < -0.4 is 15.4 Å². The lowest BCUT2D eigenvalue weighted by Crippen LogP contribution is -2.40. The van der Waals surface area contributed by atoms with E-state index in [1.54, 1.807) is 0 Å². The van der Waals surface area contributed by atoms with Crippen LogP contribution in [0.2, 0.25) is 0 Å². The Labute approximate surface area is 125 Å². The molecule has 1 fully saturated rings. The van der Waals surface area contributed by atoms with Crippen LogP contribution in [-0.2, 0) is 0 Å². The molecule has 2 rings (SSSR count). The molecule has 1 atom stereocenters. The van der Waals surface area contributed by atoms with Crippen LogP contribution in [-0.4, -0.2) is 30.9 Å². The Morgan fingerprint density at radius 3 is 2.57 bits per heavy atom. The second kappa shape index (κ2) is 6.80. The summed E-state index contributed by atoms with van der Waals surface area (Å²) in [5.74, 6) is 0.830. The van der Waals surface area contributed by atoms with Crippen LogP contribution in [0.4, 0.5) is 4.79 Å². The molecule has 1 aromatic carbocycles. The Bertz CT molecular complexity index is 469. The third kappa shape index (κ3) is 4.36. The lowest BCUT2D eigenvalue weighted by Gasteiger charge is -2.17. The van der Waals surface area contributed by atoms with Crippen molar-refractivity contribution >= 4 is 6.03 Å². The molecule has 0 bridgehead atoms. The number of hydrogen-bond acceptors (Lipinski definition) is 3. The van der Waals surface area contributed by atoms with Gasteiger partial charge in [-0.2, -0.15) is 0 Å². The zero-order chi connectivity index (χ0) is 15.3. The van der Waals surface area contributed by atoms with Crippen molar-refractivity contribution in [2.45, 2.75) is 32.7 Å². The van der Waals surface area contributed by atoms with E-state index in [-0.39, 0.29) is 24.1 Å². The van der Waals surface area contributed by atoms with Crippen molar-refractivity contribution < 1.29 is 14.6 Å². The Morgan fingerprint density at radius 2 is 2.05 bits per heavy atom. The number of aliphatic hydroxyl groups excluding tert-OH is 1. The second-order valence-electron chi connectivity index (χ2n) is 5.71. The Kier molecular flexibility index (Phi) is 5.07. The standard InChI is InChI=1S/C16H24N2O3/c1-3-21-14-6-4-13(5-7-14)12(2)18-15(20)17-10-16(11-19)8-9-16/h4-7,12,19H,3,8-11H2,1-2H3,(H2,17,18,20). The minimum absolute atomic E-state index is 0.0697. The van der Waals surface area contributed by atoms with E-state index in [4.69, 9.17) is 4.74 Å². The zero-order valence-corrected chi connectivity index (χ0v) is 12.7. The average Bonchev–Trinajstić information content (AvgIpc) is 3.27. The van der Waals surface area contributed by atoms with Crippen LogP contribution in [0.5, 0.6) is 5.75 Å². The molecule has 1 aliphatic rings. The highest BCUT2D eigenvalue weighted by molar-refractivity contribution is 5.74. The minimum atomic E-state index is -0.198. The molecule has 1 aliphatic carbocycles. The molecule has 0 heterocycles. The van der Waals surface area contributed by atoms with Crippen molar-refractivity contribution in [3.05, 3.63) is 29.8 Å². The fourth-order valence-electron chi connectivity index (χ4n) is 2.19. The maximum absolute atomic E-state index is 11.9. The minimum Gasteiger partial charge on any atom is -0.494 e. The van der Waals surface area contributed by atoms with Gasteiger partial charge in [0.1, 0.15) is 5.75 Å². The number of ether oxygens (including phenoxy) is 1. The van der Waals surface area contributed by atoms with Crippen molar-refractivity contribution in [1.82, 2.24) is 10.6 Å². The molecule has 0 aliphatic heterocycles. The largest absolute Gasteiger partial charge is 0.494 e. The third-order valence-corrected chi connectivity index (χ3v) is 3.96. The fourth-order valence-corrected chi connectivity index (χ4v) is 2.19. The van der Waals surface area contributed by atoms with E-state index < -0.39 is 0 Å². The fraction of sp³-hybridized carbons (Fsp3) is 0.562. The SMILES string of the molecule is CCOc1ccc(C(C)NC(=O)NCC2(CO)CC2)cc1. The van der Waals surface area contributed by atoms with Crippen LogP contribution >= 0.6 is 0 Å². The smallest absolute Gasteiger partial charge is 0.315 e. The molecule has 2 amide bonds. The molecular weight excluding hydrogens is 268 g/mol. The van der Waals surface area contributed by atoms with Gasteiger partial charge in [0.05, 0.1) is 19.3 Å². The van der Waals surface area contributed by atoms with Gasteiger partial charge in [0.2, 0.25) is 0 Å². The summed E-state index contributed by atoms with van der Waals surface area (Å²) in [5, 5.41) is 14.9. The third-order valence-electron chi connectivity index (χ3n) is 3.96. The van der Waals surface area contributed by atoms with Crippen molar-refractivity contribution in [2.24, 2.45) is 5.41 Å². The van der Waals surface area contributed by atoms with Gasteiger partial charge in [-0.15, -0.1) is 0 Å². The van der Waals surface area contributed by atoms with Crippen LogP contribution in [0.25, 0.3) is 0 Å². The number of hydrogen-bond donors (Lipinski definition) is 3. The van der Waals surface area contributed by atoms with E-state index in [9.17, 15) is 9.90 Å². The summed E-state index contributed by atoms with van der Waals surface area (Å²) in [4.78, 5) is 11.9. The number of carbonyl (C=O) groups excluding carboxylic acids is 1. The molecule has 0 saturated heterocycles. The van der Waals surface area contributed by atoms with Crippen molar-refractivity contribution in [2.75, 3.05) is 19.8 Å². The van der Waals surface area contributed by atoms with E-state index in [2.05, 4.69) is 10.6 Å². The van der Waals surface area contributed by atoms with Gasteiger partial charge >= 0.3 is 6.03 Å². The molecule has 0 aromatic heterocycles. The molecule has 1 unspecified atom stereocenters. The highest BCUT2D eigenvalue weighted by Gasteiger charge is 2.42. The van der Waals surface area contributed by atoms with E-state index in [0.29, 0.717) is 13.2 Å². The maximum atomic E-state index is 11.9. The van der Waals surface area contributed by atoms with Crippen molar-refractivity contribution in [3.63, 3.8) is 0 Å². The summed E-state index contributed by atoms with van der Waals surface area (Å²) >= 11 is 0. The van der Waals surface area contributed by atoms with Gasteiger partial charge in [0, 0.05) is 12.0 Å². The molecule has 21 heavy (non-hydrogen) atoms. The summed E-state index contributed by atoms with van der Waals surface area (Å²) in [6.45, 7) is 5.20. The van der Waals surface area contributed by atoms with E-state index in [1.165, 1.54) is 0 Å². The van der Waals surface area contributed by atoms with Gasteiger partial charge in [-0.1, -0.05) is 12.1 Å². The zero-order valence-electron chi connectivity index (χ0n) is 12.7. The number of benzene rings is 1. The van der Waals surface area contributed by atoms with Crippen molar-refractivity contribution in [1.29, 1.82) is 0 Å². The molecule has 3 N–H and O–H groups in total. The van der Waals surface area contributed by atoms with Gasteiger partial charge in [-0.05, 0) is 44.4 Å². The number of aliphatic hydroxyl groups is 1. The topological polar surface area (TPSA) is 70.6 Å². The molecule has 1 aromatic rings. The predicted molar refractivity (Wildman–Crippen MR) is 81.3 cm³/mol. The van der Waals surface area contributed by atoms with Crippen molar-refractivity contribution in [3.8, 4) is 5.75 Å². The molecule has 5 nitrogen and oxygen atoms in total. The van der Waals surface area contributed by atoms with Crippen LogP contribution in [0.3, 0.4) is 0 Å². The first kappa shape index (κ1) is 15.6. The summed E-state index contributed by atoms with van der Waals surface area (Å²) in [6, 6.07) is 7.43. The summed E-state index contributed by atoms with van der Waals surface area (Å²) < 4.78 is 5.39. The quantitative estimate of drug-likeness (QED) is 0.721. The molecule has 5 heteroatoms. The van der Waals surface area contributed by atoms with E-state index in [1.807, 2.05) is 38.1 Å². The van der Waals surface area contributed by atoms with Crippen LogP contribution in [0.1, 0.15) is 38.3 Å². The Hall–Kier alpha value is -1.75. The molecule has 1 saturated carbocycles. The maximum Gasteiger partial charge on any atom is 0.315 e. The monoisotopic (exact) mass is 292 g/mol. The molecular formula is C16H24N2O3. The number of nitrogens with one attached hydrogen (secondary N) is 2. The number of carbonyl (C=O) groups is 1. The Balaban J connectivity index is 1.79. The van der Waals surface area contributed by atoms with Gasteiger partial charge in [0.15, 0.2) is 0 Å².